The van der Waals surface area contributed by atoms with Gasteiger partial charge >= 0.3 is 0 Å². The molecule has 0 saturated carbocycles. The van der Waals surface area contributed by atoms with Gasteiger partial charge in [-0.05, 0) is 109 Å². The first-order chi connectivity index (χ1) is 34.1. The minimum Gasteiger partial charge on any atom is -0.457 e. The van der Waals surface area contributed by atoms with Gasteiger partial charge in [0.1, 0.15) is 46.0 Å². The lowest BCUT2D eigenvalue weighted by atomic mass is 10.1. The molecule has 0 spiro atoms. The third-order valence-corrected chi connectivity index (χ3v) is 11.0. The van der Waals surface area contributed by atoms with Crippen LogP contribution in [-0.4, -0.2) is 0 Å². The van der Waals surface area contributed by atoms with Crippen molar-refractivity contribution in [3.63, 3.8) is 0 Å². The molecule has 2 aliphatic rings. The molecule has 0 fully saturated rings. The molecule has 0 amide bonds. The predicted molar refractivity (Wildman–Crippen MR) is 278 cm³/mol. The number of hydrogen-bond donors (Lipinski definition) is 1. The van der Waals surface area contributed by atoms with Crippen molar-refractivity contribution in [3.8, 4) is 69.0 Å². The van der Waals surface area contributed by atoms with E-state index in [0.29, 0.717) is 11.5 Å². The van der Waals surface area contributed by atoms with Gasteiger partial charge in [-0.15, -0.1) is 0 Å². The maximum absolute atomic E-state index is 6.23. The van der Waals surface area contributed by atoms with E-state index in [1.54, 1.807) is 0 Å². The van der Waals surface area contributed by atoms with E-state index < -0.39 is 0 Å². The number of para-hydroxylation sites is 12. The number of nitrogens with one attached hydrogen (secondary N) is 1. The van der Waals surface area contributed by atoms with E-state index in [9.17, 15) is 0 Å². The van der Waals surface area contributed by atoms with Gasteiger partial charge in [0.25, 0.3) is 0 Å². The second-order valence-corrected chi connectivity index (χ2v) is 16.5. The van der Waals surface area contributed by atoms with Gasteiger partial charge in [0.05, 0.1) is 28.4 Å². The largest absolute Gasteiger partial charge is 0.457 e. The first-order valence-electron chi connectivity index (χ1n) is 22.2. The van der Waals surface area contributed by atoms with Crippen LogP contribution < -0.4 is 38.6 Å². The van der Waals surface area contributed by atoms with Crippen LogP contribution in [0.15, 0.2) is 259 Å². The van der Waals surface area contributed by atoms with Crippen LogP contribution in [0.1, 0.15) is 0 Å². The molecule has 0 saturated heterocycles. The van der Waals surface area contributed by atoms with E-state index in [-0.39, 0.29) is 0 Å². The smallest absolute Gasteiger partial charge is 0.151 e. The van der Waals surface area contributed by atoms with Crippen molar-refractivity contribution in [2.75, 3.05) is 10.2 Å². The standard InChI is InChI=1S/C30H21NO3.C18H13BrO2.C12H9NO/c1-3-11-23(12-4-1)32-25-19-22(20-26(21-25)33-24-13-5-2-6-14-24)31-27-15-7-9-17-29(27)34-30-18-10-8-16-28(30)31;19-14-11-17(20-15-7-3-1-4-8-15)13-18(12-14)21-16-9-5-2-6-10-16;1-3-7-11-9(5-1)13-10-6-2-4-8-12(10)14-11/h1-21H;1-13H;1-8,13H. The van der Waals surface area contributed by atoms with E-state index in [1.807, 2.05) is 255 Å². The number of benzene rings is 10. The Bertz CT molecular complexity index is 3030. The van der Waals surface area contributed by atoms with Crippen molar-refractivity contribution in [3.05, 3.63) is 259 Å². The van der Waals surface area contributed by atoms with Crippen LogP contribution in [0.25, 0.3) is 0 Å². The second kappa shape index (κ2) is 21.1. The van der Waals surface area contributed by atoms with Crippen LogP contribution in [0.3, 0.4) is 0 Å². The molecule has 9 heteroatoms. The van der Waals surface area contributed by atoms with Crippen LogP contribution in [0, 0.1) is 0 Å². The zero-order chi connectivity index (χ0) is 46.6. The molecule has 10 aromatic rings. The molecule has 8 nitrogen and oxygen atoms in total. The third-order valence-electron chi connectivity index (χ3n) is 10.6. The summed E-state index contributed by atoms with van der Waals surface area (Å²) in [5.41, 5.74) is 4.84. The van der Waals surface area contributed by atoms with Gasteiger partial charge in [-0.3, -0.25) is 0 Å². The predicted octanol–water partition coefficient (Wildman–Crippen LogP) is 18.4. The van der Waals surface area contributed by atoms with Crippen molar-refractivity contribution < 1.29 is 28.4 Å². The molecule has 0 bridgehead atoms. The lowest BCUT2D eigenvalue weighted by Gasteiger charge is -2.33. The molecule has 10 aromatic carbocycles. The highest BCUT2D eigenvalue weighted by Crippen LogP contribution is 2.51. The second-order valence-electron chi connectivity index (χ2n) is 15.5. The molecule has 0 unspecified atom stereocenters. The van der Waals surface area contributed by atoms with Crippen LogP contribution in [0.5, 0.6) is 69.0 Å². The summed E-state index contributed by atoms with van der Waals surface area (Å²) in [4.78, 5) is 2.17. The van der Waals surface area contributed by atoms with Gasteiger partial charge in [-0.1, -0.05) is 137 Å². The highest BCUT2D eigenvalue weighted by Gasteiger charge is 2.26. The van der Waals surface area contributed by atoms with E-state index in [2.05, 4.69) is 26.1 Å². The van der Waals surface area contributed by atoms with Crippen molar-refractivity contribution in [2.24, 2.45) is 0 Å². The van der Waals surface area contributed by atoms with Gasteiger partial charge < -0.3 is 38.6 Å². The van der Waals surface area contributed by atoms with Gasteiger partial charge in [0.2, 0.25) is 0 Å². The fourth-order valence-corrected chi connectivity index (χ4v) is 7.97. The zero-order valence-electron chi connectivity index (χ0n) is 37.0. The lowest BCUT2D eigenvalue weighted by Crippen LogP contribution is -2.15. The molecule has 12 rings (SSSR count). The maximum atomic E-state index is 6.23. The van der Waals surface area contributed by atoms with Crippen LogP contribution in [-0.2, 0) is 0 Å². The summed E-state index contributed by atoms with van der Waals surface area (Å²) >= 11 is 3.48. The average molecular weight is 968 g/mol. The highest BCUT2D eigenvalue weighted by molar-refractivity contribution is 9.10. The van der Waals surface area contributed by atoms with E-state index in [1.165, 1.54) is 0 Å². The maximum Gasteiger partial charge on any atom is 0.151 e. The zero-order valence-corrected chi connectivity index (χ0v) is 38.6. The monoisotopic (exact) mass is 966 g/mol. The third kappa shape index (κ3) is 11.2. The Morgan fingerprint density at radius 3 is 1.00 bits per heavy atom. The molecule has 0 aliphatic carbocycles. The summed E-state index contributed by atoms with van der Waals surface area (Å²) in [5, 5.41) is 3.32. The number of halogens is 1. The van der Waals surface area contributed by atoms with Crippen molar-refractivity contribution >= 4 is 44.4 Å². The minimum absolute atomic E-state index is 0.677. The first kappa shape index (κ1) is 43.9. The summed E-state index contributed by atoms with van der Waals surface area (Å²) in [6, 6.07) is 82.3. The molecule has 336 valence electrons. The van der Waals surface area contributed by atoms with E-state index in [4.69, 9.17) is 28.4 Å². The quantitative estimate of drug-likeness (QED) is 0.153. The molecule has 1 N–H and O–H groups in total. The van der Waals surface area contributed by atoms with Gasteiger partial charge in [0.15, 0.2) is 23.0 Å². The summed E-state index contributed by atoms with van der Waals surface area (Å²) in [6.45, 7) is 0. The van der Waals surface area contributed by atoms with Gasteiger partial charge in [-0.25, -0.2) is 0 Å². The summed E-state index contributed by atoms with van der Waals surface area (Å²) in [6.07, 6.45) is 0. The molecular formula is C60H43BrN2O6. The van der Waals surface area contributed by atoms with Crippen molar-refractivity contribution in [1.29, 1.82) is 0 Å². The minimum atomic E-state index is 0.677. The molecule has 69 heavy (non-hydrogen) atoms. The highest BCUT2D eigenvalue weighted by atomic mass is 79.9. The topological polar surface area (TPSA) is 70.7 Å². The average Bonchev–Trinajstić information content (AvgIpc) is 3.38. The Morgan fingerprint density at radius 1 is 0.304 bits per heavy atom. The van der Waals surface area contributed by atoms with E-state index in [0.717, 1.165) is 90.4 Å². The molecular weight excluding hydrogens is 925 g/mol. The van der Waals surface area contributed by atoms with Crippen LogP contribution in [0.4, 0.5) is 28.4 Å². The summed E-state index contributed by atoms with van der Waals surface area (Å²) in [7, 11) is 0. The Hall–Kier alpha value is -8.92. The Balaban J connectivity index is 0.000000134. The number of ether oxygens (including phenoxy) is 6. The Morgan fingerprint density at radius 2 is 0.609 bits per heavy atom. The molecule has 2 aliphatic heterocycles. The SMILES string of the molecule is Brc1cc(Oc2ccccc2)cc(Oc2ccccc2)c1.c1ccc(Oc2cc(Oc3ccccc3)cc(N3c4ccccc4Oc4ccccc43)c2)cc1.c1ccc2c(c1)Nc1ccccc1O2. The number of nitrogens with zero attached hydrogens (tertiary/aromatic N) is 1. The molecule has 0 aromatic heterocycles. The fourth-order valence-electron chi connectivity index (χ4n) is 7.52. The molecule has 0 radical (unpaired) electrons. The van der Waals surface area contributed by atoms with E-state index >= 15 is 0 Å². The van der Waals surface area contributed by atoms with Crippen molar-refractivity contribution in [2.45, 2.75) is 0 Å². The molecule has 2 heterocycles. The van der Waals surface area contributed by atoms with Crippen molar-refractivity contribution in [1.82, 2.24) is 0 Å². The number of fused-ring (bicyclic) bond motifs is 4. The fraction of sp³-hybridized carbons (Fsp3) is 0. The summed E-state index contributed by atoms with van der Waals surface area (Å²) in [5.74, 6) is 9.25. The summed E-state index contributed by atoms with van der Waals surface area (Å²) < 4.78 is 36.9. The lowest BCUT2D eigenvalue weighted by molar-refractivity contribution is 0.459. The molecule has 0 atom stereocenters. The van der Waals surface area contributed by atoms with Crippen LogP contribution in [0.2, 0.25) is 0 Å². The Kier molecular flexibility index (Phi) is 13.5. The van der Waals surface area contributed by atoms with Crippen LogP contribution >= 0.6 is 15.9 Å². The number of anilines is 5. The van der Waals surface area contributed by atoms with Gasteiger partial charge in [0, 0.05) is 28.7 Å². The number of rotatable bonds is 9. The van der Waals surface area contributed by atoms with Gasteiger partial charge in [-0.2, -0.15) is 0 Å². The number of hydrogen-bond acceptors (Lipinski definition) is 8. The first-order valence-corrected chi connectivity index (χ1v) is 23.0. The Labute approximate surface area is 409 Å². The normalized spacial score (nSPS) is 11.3.